The molecule has 0 spiro atoms. The van der Waals surface area contributed by atoms with Gasteiger partial charge >= 0.3 is 0 Å². The lowest BCUT2D eigenvalue weighted by Gasteiger charge is -2.15. The van der Waals surface area contributed by atoms with Crippen molar-refractivity contribution >= 4 is 15.9 Å². The van der Waals surface area contributed by atoms with Gasteiger partial charge in [0.15, 0.2) is 11.5 Å². The van der Waals surface area contributed by atoms with Gasteiger partial charge in [-0.05, 0) is 35.0 Å². The first kappa shape index (κ1) is 15.8. The number of ether oxygens (including phenoxy) is 2. The van der Waals surface area contributed by atoms with Gasteiger partial charge in [-0.2, -0.15) is 0 Å². The van der Waals surface area contributed by atoms with Gasteiger partial charge in [-0.3, -0.25) is 0 Å². The van der Waals surface area contributed by atoms with Gasteiger partial charge in [0.25, 0.3) is 0 Å². The van der Waals surface area contributed by atoms with Crippen molar-refractivity contribution < 1.29 is 19.0 Å². The minimum Gasteiger partial charge on any atom is -0.490 e. The number of hydrogen-bond donors (Lipinski definition) is 1. The molecular weight excluding hydrogens is 339 g/mol. The summed E-state index contributed by atoms with van der Waals surface area (Å²) < 4.78 is 25.1. The number of hydrogen-bond acceptors (Lipinski definition) is 3. The predicted molar refractivity (Wildman–Crippen MR) is 82.0 cm³/mol. The smallest absolute Gasteiger partial charge is 0.167 e. The van der Waals surface area contributed by atoms with Gasteiger partial charge in [0.1, 0.15) is 12.4 Å². The molecule has 0 unspecified atom stereocenters. The molecule has 0 amide bonds. The lowest BCUT2D eigenvalue weighted by Crippen LogP contribution is -2.03. The van der Waals surface area contributed by atoms with Gasteiger partial charge in [0, 0.05) is 11.1 Å². The van der Waals surface area contributed by atoms with Crippen LogP contribution in [-0.2, 0) is 13.2 Å². The maximum atomic E-state index is 13.5. The highest BCUT2D eigenvalue weighted by Gasteiger charge is 2.12. The van der Waals surface area contributed by atoms with Crippen molar-refractivity contribution in [3.05, 3.63) is 57.8 Å². The molecule has 1 N–H and O–H groups in total. The minimum atomic E-state index is -0.337. The lowest BCUT2D eigenvalue weighted by molar-refractivity contribution is 0.243. The third kappa shape index (κ3) is 3.74. The first-order valence-corrected chi connectivity index (χ1v) is 7.38. The van der Waals surface area contributed by atoms with Crippen LogP contribution in [0.5, 0.6) is 11.5 Å². The molecule has 5 heteroatoms. The Hall–Kier alpha value is -1.59. The Morgan fingerprint density at radius 1 is 1.10 bits per heavy atom. The lowest BCUT2D eigenvalue weighted by atomic mass is 10.2. The summed E-state index contributed by atoms with van der Waals surface area (Å²) in [5, 5.41) is 9.40. The number of aliphatic hydroxyl groups excluding tert-OH is 1. The summed E-state index contributed by atoms with van der Waals surface area (Å²) in [4.78, 5) is 0. The van der Waals surface area contributed by atoms with Crippen LogP contribution in [0.1, 0.15) is 18.1 Å². The molecule has 112 valence electrons. The summed E-state index contributed by atoms with van der Waals surface area (Å²) in [6, 6.07) is 10.1. The quantitative estimate of drug-likeness (QED) is 0.850. The van der Waals surface area contributed by atoms with E-state index in [4.69, 9.17) is 9.47 Å². The molecule has 0 saturated heterocycles. The Balaban J connectivity index is 2.24. The fourth-order valence-electron chi connectivity index (χ4n) is 1.93. The molecular formula is C16H16BrFO3. The van der Waals surface area contributed by atoms with Gasteiger partial charge < -0.3 is 14.6 Å². The van der Waals surface area contributed by atoms with Crippen LogP contribution in [0, 0.1) is 5.82 Å². The molecule has 0 radical (unpaired) electrons. The molecule has 0 fully saturated rings. The van der Waals surface area contributed by atoms with E-state index in [9.17, 15) is 9.50 Å². The van der Waals surface area contributed by atoms with Crippen LogP contribution < -0.4 is 9.47 Å². The number of para-hydroxylation sites is 1. The monoisotopic (exact) mass is 354 g/mol. The fraction of sp³-hybridized carbons (Fsp3) is 0.250. The topological polar surface area (TPSA) is 38.7 Å². The van der Waals surface area contributed by atoms with Crippen molar-refractivity contribution in [1.82, 2.24) is 0 Å². The van der Waals surface area contributed by atoms with Crippen LogP contribution >= 0.6 is 15.9 Å². The molecule has 0 bridgehead atoms. The van der Waals surface area contributed by atoms with Gasteiger partial charge in [-0.15, -0.1) is 0 Å². The molecule has 0 atom stereocenters. The van der Waals surface area contributed by atoms with Gasteiger partial charge in [-0.25, -0.2) is 4.39 Å². The average molecular weight is 355 g/mol. The van der Waals surface area contributed by atoms with Crippen molar-refractivity contribution in [2.45, 2.75) is 20.1 Å². The van der Waals surface area contributed by atoms with Crippen molar-refractivity contribution in [3.63, 3.8) is 0 Å². The van der Waals surface area contributed by atoms with E-state index in [1.54, 1.807) is 30.3 Å². The SMILES string of the molecule is CCOc1cccc(CO)c1OCc1cccc(F)c1Br. The van der Waals surface area contributed by atoms with Crippen molar-refractivity contribution in [2.75, 3.05) is 6.61 Å². The summed E-state index contributed by atoms with van der Waals surface area (Å²) in [6.07, 6.45) is 0. The van der Waals surface area contributed by atoms with E-state index >= 15 is 0 Å². The van der Waals surface area contributed by atoms with E-state index in [0.29, 0.717) is 33.7 Å². The van der Waals surface area contributed by atoms with Crippen LogP contribution in [-0.4, -0.2) is 11.7 Å². The molecule has 2 aromatic carbocycles. The normalized spacial score (nSPS) is 10.5. The summed E-state index contributed by atoms with van der Waals surface area (Å²) in [5.74, 6) is 0.714. The maximum Gasteiger partial charge on any atom is 0.167 e. The van der Waals surface area contributed by atoms with Crippen molar-refractivity contribution in [3.8, 4) is 11.5 Å². The van der Waals surface area contributed by atoms with E-state index in [1.165, 1.54) is 6.07 Å². The molecule has 0 aliphatic heterocycles. The third-order valence-electron chi connectivity index (χ3n) is 2.93. The van der Waals surface area contributed by atoms with E-state index in [2.05, 4.69) is 15.9 Å². The van der Waals surface area contributed by atoms with E-state index in [0.717, 1.165) is 0 Å². The van der Waals surface area contributed by atoms with Crippen LogP contribution in [0.2, 0.25) is 0 Å². The highest BCUT2D eigenvalue weighted by molar-refractivity contribution is 9.10. The van der Waals surface area contributed by atoms with Crippen LogP contribution in [0.3, 0.4) is 0 Å². The van der Waals surface area contributed by atoms with Gasteiger partial charge in [-0.1, -0.05) is 24.3 Å². The number of rotatable bonds is 6. The highest BCUT2D eigenvalue weighted by Crippen LogP contribution is 2.33. The second-order valence-corrected chi connectivity index (χ2v) is 5.13. The highest BCUT2D eigenvalue weighted by atomic mass is 79.9. The van der Waals surface area contributed by atoms with Crippen molar-refractivity contribution in [1.29, 1.82) is 0 Å². The van der Waals surface area contributed by atoms with E-state index in [-0.39, 0.29) is 19.0 Å². The second-order valence-electron chi connectivity index (χ2n) is 4.34. The van der Waals surface area contributed by atoms with Crippen LogP contribution in [0.25, 0.3) is 0 Å². The standard InChI is InChI=1S/C16H16BrFO3/c1-2-20-14-8-4-5-11(9-19)16(14)21-10-12-6-3-7-13(18)15(12)17/h3-8,19H,2,9-10H2,1H3. The number of benzene rings is 2. The molecule has 0 aliphatic carbocycles. The Bertz CT molecular complexity index is 616. The Morgan fingerprint density at radius 2 is 1.81 bits per heavy atom. The molecule has 21 heavy (non-hydrogen) atoms. The summed E-state index contributed by atoms with van der Waals surface area (Å²) in [5.41, 5.74) is 1.32. The molecule has 2 aromatic rings. The molecule has 0 aliphatic rings. The Labute approximate surface area is 131 Å². The predicted octanol–water partition coefficient (Wildman–Crippen LogP) is 4.06. The van der Waals surface area contributed by atoms with Crippen molar-refractivity contribution in [2.24, 2.45) is 0 Å². The zero-order chi connectivity index (χ0) is 15.2. The molecule has 0 heterocycles. The minimum absolute atomic E-state index is 0.152. The third-order valence-corrected chi connectivity index (χ3v) is 3.82. The summed E-state index contributed by atoms with van der Waals surface area (Å²) in [6.45, 7) is 2.39. The van der Waals surface area contributed by atoms with E-state index < -0.39 is 0 Å². The van der Waals surface area contributed by atoms with Gasteiger partial charge in [0.2, 0.25) is 0 Å². The first-order valence-electron chi connectivity index (χ1n) is 6.58. The van der Waals surface area contributed by atoms with Gasteiger partial charge in [0.05, 0.1) is 17.7 Å². The van der Waals surface area contributed by atoms with E-state index in [1.807, 2.05) is 6.92 Å². The zero-order valence-electron chi connectivity index (χ0n) is 11.6. The zero-order valence-corrected chi connectivity index (χ0v) is 13.2. The summed E-state index contributed by atoms with van der Waals surface area (Å²) in [7, 11) is 0. The molecule has 3 nitrogen and oxygen atoms in total. The Kier molecular flexibility index (Phi) is 5.59. The van der Waals surface area contributed by atoms with Crippen LogP contribution in [0.15, 0.2) is 40.9 Å². The largest absolute Gasteiger partial charge is 0.490 e. The average Bonchev–Trinajstić information content (AvgIpc) is 2.49. The number of halogens is 2. The first-order chi connectivity index (χ1) is 10.2. The molecule has 2 rings (SSSR count). The van der Waals surface area contributed by atoms with Crippen LogP contribution in [0.4, 0.5) is 4.39 Å². The Morgan fingerprint density at radius 3 is 2.52 bits per heavy atom. The second kappa shape index (κ2) is 7.43. The molecule has 0 saturated carbocycles. The maximum absolute atomic E-state index is 13.5. The molecule has 0 aromatic heterocycles. The number of aliphatic hydroxyl groups is 1. The fourth-order valence-corrected chi connectivity index (χ4v) is 2.31. The summed E-state index contributed by atoms with van der Waals surface area (Å²) >= 11 is 3.20.